The lowest BCUT2D eigenvalue weighted by Gasteiger charge is -2.19. The van der Waals surface area contributed by atoms with Crippen molar-refractivity contribution >= 4 is 5.91 Å². The molecule has 1 heterocycles. The SMILES string of the molecule is CCN(C)CCN1CNC(C)C1=O. The minimum absolute atomic E-state index is 0.00642. The molecule has 0 aromatic rings. The molecule has 1 unspecified atom stereocenters. The highest BCUT2D eigenvalue weighted by atomic mass is 16.2. The third kappa shape index (κ3) is 2.67. The van der Waals surface area contributed by atoms with Crippen LogP contribution >= 0.6 is 0 Å². The molecule has 4 heteroatoms. The maximum absolute atomic E-state index is 11.5. The first kappa shape index (κ1) is 10.5. The Morgan fingerprint density at radius 3 is 2.85 bits per heavy atom. The van der Waals surface area contributed by atoms with Gasteiger partial charge in [-0.25, -0.2) is 0 Å². The number of likely N-dealkylation sites (N-methyl/N-ethyl adjacent to an activating group) is 1. The van der Waals surface area contributed by atoms with E-state index in [-0.39, 0.29) is 11.9 Å². The Morgan fingerprint density at radius 1 is 1.69 bits per heavy atom. The van der Waals surface area contributed by atoms with Crippen molar-refractivity contribution in [1.29, 1.82) is 0 Å². The summed E-state index contributed by atoms with van der Waals surface area (Å²) in [5, 5.41) is 3.12. The molecule has 0 spiro atoms. The number of nitrogens with one attached hydrogen (secondary N) is 1. The number of carbonyl (C=O) groups is 1. The van der Waals surface area contributed by atoms with Crippen molar-refractivity contribution in [2.45, 2.75) is 19.9 Å². The van der Waals surface area contributed by atoms with Crippen LogP contribution in [0.1, 0.15) is 13.8 Å². The van der Waals surface area contributed by atoms with Gasteiger partial charge in [0.2, 0.25) is 5.91 Å². The number of hydrogen-bond donors (Lipinski definition) is 1. The summed E-state index contributed by atoms with van der Waals surface area (Å²) in [6.45, 7) is 7.55. The second-order valence-corrected chi connectivity index (χ2v) is 3.58. The van der Waals surface area contributed by atoms with Gasteiger partial charge in [-0.15, -0.1) is 0 Å². The molecule has 0 aliphatic carbocycles. The van der Waals surface area contributed by atoms with Crippen LogP contribution in [0.2, 0.25) is 0 Å². The van der Waals surface area contributed by atoms with E-state index in [2.05, 4.69) is 24.2 Å². The summed E-state index contributed by atoms with van der Waals surface area (Å²) in [4.78, 5) is 15.5. The largest absolute Gasteiger partial charge is 0.327 e. The molecule has 0 aromatic heterocycles. The van der Waals surface area contributed by atoms with E-state index in [0.717, 1.165) is 19.6 Å². The Morgan fingerprint density at radius 2 is 2.38 bits per heavy atom. The highest BCUT2D eigenvalue weighted by Gasteiger charge is 2.26. The highest BCUT2D eigenvalue weighted by Crippen LogP contribution is 2.01. The normalized spacial score (nSPS) is 23.2. The first-order valence-corrected chi connectivity index (χ1v) is 4.86. The lowest BCUT2D eigenvalue weighted by molar-refractivity contribution is -0.128. The molecule has 1 atom stereocenters. The quantitative estimate of drug-likeness (QED) is 0.654. The van der Waals surface area contributed by atoms with Crippen molar-refractivity contribution in [2.75, 3.05) is 33.4 Å². The van der Waals surface area contributed by atoms with Crippen LogP contribution in [-0.4, -0.2) is 55.1 Å². The zero-order valence-electron chi connectivity index (χ0n) is 8.71. The topological polar surface area (TPSA) is 35.6 Å². The van der Waals surface area contributed by atoms with Crippen LogP contribution in [-0.2, 0) is 4.79 Å². The number of hydrogen-bond acceptors (Lipinski definition) is 3. The Hall–Kier alpha value is -0.610. The lowest BCUT2D eigenvalue weighted by Crippen LogP contribution is -2.35. The van der Waals surface area contributed by atoms with Crippen molar-refractivity contribution in [3.05, 3.63) is 0 Å². The number of nitrogens with zero attached hydrogens (tertiary/aromatic N) is 2. The van der Waals surface area contributed by atoms with Crippen LogP contribution in [0.3, 0.4) is 0 Å². The molecule has 0 bridgehead atoms. The smallest absolute Gasteiger partial charge is 0.240 e. The van der Waals surface area contributed by atoms with Gasteiger partial charge in [0.1, 0.15) is 0 Å². The Bertz CT molecular complexity index is 184. The molecule has 1 aliphatic rings. The van der Waals surface area contributed by atoms with Gasteiger partial charge in [-0.2, -0.15) is 0 Å². The monoisotopic (exact) mass is 185 g/mol. The molecule has 1 N–H and O–H groups in total. The average molecular weight is 185 g/mol. The maximum Gasteiger partial charge on any atom is 0.240 e. The van der Waals surface area contributed by atoms with E-state index in [9.17, 15) is 4.79 Å². The van der Waals surface area contributed by atoms with Gasteiger partial charge in [0.15, 0.2) is 0 Å². The van der Waals surface area contributed by atoms with E-state index in [0.29, 0.717) is 6.67 Å². The van der Waals surface area contributed by atoms with Crippen LogP contribution in [0.25, 0.3) is 0 Å². The van der Waals surface area contributed by atoms with Gasteiger partial charge in [0, 0.05) is 13.1 Å². The van der Waals surface area contributed by atoms with E-state index < -0.39 is 0 Å². The Labute approximate surface area is 79.9 Å². The fraction of sp³-hybridized carbons (Fsp3) is 0.889. The van der Waals surface area contributed by atoms with Crippen molar-refractivity contribution in [2.24, 2.45) is 0 Å². The van der Waals surface area contributed by atoms with Crippen LogP contribution < -0.4 is 5.32 Å². The van der Waals surface area contributed by atoms with Crippen molar-refractivity contribution in [3.63, 3.8) is 0 Å². The van der Waals surface area contributed by atoms with Crippen LogP contribution in [0.4, 0.5) is 0 Å². The molecule has 13 heavy (non-hydrogen) atoms. The molecule has 0 aromatic carbocycles. The third-order valence-corrected chi connectivity index (χ3v) is 2.56. The molecule has 0 radical (unpaired) electrons. The van der Waals surface area contributed by atoms with Crippen LogP contribution in [0, 0.1) is 0 Å². The predicted octanol–water partition coefficient (Wildman–Crippen LogP) is -0.284. The molecular formula is C9H19N3O. The molecular weight excluding hydrogens is 166 g/mol. The fourth-order valence-corrected chi connectivity index (χ4v) is 1.32. The molecule has 4 nitrogen and oxygen atoms in total. The van der Waals surface area contributed by atoms with Crippen LogP contribution in [0.15, 0.2) is 0 Å². The Balaban J connectivity index is 2.26. The summed E-state index contributed by atoms with van der Waals surface area (Å²) < 4.78 is 0. The molecule has 1 amide bonds. The highest BCUT2D eigenvalue weighted by molar-refractivity contribution is 5.83. The minimum Gasteiger partial charge on any atom is -0.327 e. The second kappa shape index (κ2) is 4.58. The fourth-order valence-electron chi connectivity index (χ4n) is 1.32. The van der Waals surface area contributed by atoms with Gasteiger partial charge >= 0.3 is 0 Å². The summed E-state index contributed by atoms with van der Waals surface area (Å²) in [6.07, 6.45) is 0. The summed E-state index contributed by atoms with van der Waals surface area (Å²) in [7, 11) is 2.07. The minimum atomic E-state index is 0.00642. The molecule has 1 saturated heterocycles. The van der Waals surface area contributed by atoms with E-state index in [1.165, 1.54) is 0 Å². The number of amides is 1. The second-order valence-electron chi connectivity index (χ2n) is 3.58. The van der Waals surface area contributed by atoms with Crippen LogP contribution in [0.5, 0.6) is 0 Å². The Kier molecular flexibility index (Phi) is 3.69. The van der Waals surface area contributed by atoms with E-state index in [1.54, 1.807) is 0 Å². The predicted molar refractivity (Wildman–Crippen MR) is 52.3 cm³/mol. The zero-order valence-corrected chi connectivity index (χ0v) is 8.71. The maximum atomic E-state index is 11.5. The summed E-state index contributed by atoms with van der Waals surface area (Å²) in [5.41, 5.74) is 0. The number of rotatable bonds is 4. The zero-order chi connectivity index (χ0) is 9.84. The van der Waals surface area contributed by atoms with Gasteiger partial charge in [-0.1, -0.05) is 6.92 Å². The van der Waals surface area contributed by atoms with Crippen molar-refractivity contribution in [3.8, 4) is 0 Å². The third-order valence-electron chi connectivity index (χ3n) is 2.56. The standard InChI is InChI=1S/C9H19N3O/c1-4-11(3)5-6-12-7-10-8(2)9(12)13/h8,10H,4-7H2,1-3H3. The molecule has 1 fully saturated rings. The van der Waals surface area contributed by atoms with E-state index in [4.69, 9.17) is 0 Å². The number of carbonyl (C=O) groups excluding carboxylic acids is 1. The molecule has 0 saturated carbocycles. The van der Waals surface area contributed by atoms with Gasteiger partial charge in [-0.3, -0.25) is 10.1 Å². The van der Waals surface area contributed by atoms with Gasteiger partial charge in [0.05, 0.1) is 12.7 Å². The van der Waals surface area contributed by atoms with E-state index >= 15 is 0 Å². The van der Waals surface area contributed by atoms with E-state index in [1.807, 2.05) is 11.8 Å². The molecule has 76 valence electrons. The van der Waals surface area contributed by atoms with Crippen molar-refractivity contribution in [1.82, 2.24) is 15.1 Å². The average Bonchev–Trinajstić information content (AvgIpc) is 2.44. The van der Waals surface area contributed by atoms with Gasteiger partial charge < -0.3 is 9.80 Å². The lowest BCUT2D eigenvalue weighted by atomic mass is 10.3. The summed E-state index contributed by atoms with van der Waals surface area (Å²) in [5.74, 6) is 0.226. The van der Waals surface area contributed by atoms with Crippen molar-refractivity contribution < 1.29 is 4.79 Å². The molecule has 1 aliphatic heterocycles. The summed E-state index contributed by atoms with van der Waals surface area (Å²) in [6, 6.07) is 0.00642. The summed E-state index contributed by atoms with van der Waals surface area (Å²) >= 11 is 0. The first-order chi connectivity index (χ1) is 6.15. The van der Waals surface area contributed by atoms with Gasteiger partial charge in [-0.05, 0) is 20.5 Å². The van der Waals surface area contributed by atoms with Gasteiger partial charge in [0.25, 0.3) is 0 Å². The first-order valence-electron chi connectivity index (χ1n) is 4.86. The molecule has 1 rings (SSSR count).